The molecule has 1 atom stereocenters. The summed E-state index contributed by atoms with van der Waals surface area (Å²) in [6.45, 7) is 4.04. The van der Waals surface area contributed by atoms with Crippen molar-refractivity contribution in [3.8, 4) is 0 Å². The standard InChI is InChI=1S/C33H28N2O2S/c1-22-12-19-30(23(2)20-22)35-33(37)31(25-9-4-3-5-10-25)38-29-17-15-28(16-18-29)34-32(36)27-14-13-24-8-6-7-11-26(24)21-27/h3-21,31H,1-2H3,(H,34,36)(H,35,37). The van der Waals surface area contributed by atoms with Gasteiger partial charge in [0.05, 0.1) is 0 Å². The van der Waals surface area contributed by atoms with Crippen molar-refractivity contribution in [1.82, 2.24) is 0 Å². The van der Waals surface area contributed by atoms with Crippen LogP contribution in [-0.4, -0.2) is 11.8 Å². The predicted octanol–water partition coefficient (Wildman–Crippen LogP) is 8.18. The fourth-order valence-corrected chi connectivity index (χ4v) is 5.36. The highest BCUT2D eigenvalue weighted by atomic mass is 32.2. The van der Waals surface area contributed by atoms with Crippen LogP contribution in [0.25, 0.3) is 10.8 Å². The molecule has 5 aromatic rings. The second kappa shape index (κ2) is 11.4. The molecule has 5 aromatic carbocycles. The third kappa shape index (κ3) is 5.96. The first-order chi connectivity index (χ1) is 18.5. The SMILES string of the molecule is Cc1ccc(NC(=O)C(Sc2ccc(NC(=O)c3ccc4ccccc4c3)cc2)c2ccccc2)c(C)c1. The van der Waals surface area contributed by atoms with Crippen molar-refractivity contribution in [2.45, 2.75) is 24.0 Å². The molecule has 2 N–H and O–H groups in total. The minimum absolute atomic E-state index is 0.0816. The molecule has 0 aromatic heterocycles. The normalized spacial score (nSPS) is 11.6. The Bertz CT molecular complexity index is 1600. The van der Waals surface area contributed by atoms with E-state index in [0.29, 0.717) is 11.3 Å². The minimum atomic E-state index is -0.435. The third-order valence-electron chi connectivity index (χ3n) is 6.36. The number of rotatable bonds is 7. The molecule has 0 aliphatic carbocycles. The zero-order valence-electron chi connectivity index (χ0n) is 21.3. The quantitative estimate of drug-likeness (QED) is 0.214. The molecule has 0 fully saturated rings. The van der Waals surface area contributed by atoms with Gasteiger partial charge in [-0.05, 0) is 78.2 Å². The van der Waals surface area contributed by atoms with E-state index in [1.165, 1.54) is 11.8 Å². The maximum Gasteiger partial charge on any atom is 0.255 e. The monoisotopic (exact) mass is 516 g/mol. The lowest BCUT2D eigenvalue weighted by atomic mass is 10.1. The molecular weight excluding hydrogens is 488 g/mol. The van der Waals surface area contributed by atoms with E-state index in [4.69, 9.17) is 0 Å². The minimum Gasteiger partial charge on any atom is -0.325 e. The number of hydrogen-bond donors (Lipinski definition) is 2. The fraction of sp³-hybridized carbons (Fsp3) is 0.0909. The lowest BCUT2D eigenvalue weighted by Gasteiger charge is -2.18. The number of thioether (sulfide) groups is 1. The van der Waals surface area contributed by atoms with Crippen molar-refractivity contribution in [2.75, 3.05) is 10.6 Å². The van der Waals surface area contributed by atoms with Gasteiger partial charge in [0.1, 0.15) is 5.25 Å². The molecular formula is C33H28N2O2S. The smallest absolute Gasteiger partial charge is 0.255 e. The molecule has 0 heterocycles. The molecule has 2 amide bonds. The van der Waals surface area contributed by atoms with E-state index in [0.717, 1.165) is 38.0 Å². The van der Waals surface area contributed by atoms with Crippen LogP contribution in [0.5, 0.6) is 0 Å². The second-order valence-corrected chi connectivity index (χ2v) is 10.4. The lowest BCUT2D eigenvalue weighted by Crippen LogP contribution is -2.19. The van der Waals surface area contributed by atoms with Gasteiger partial charge in [-0.3, -0.25) is 9.59 Å². The van der Waals surface area contributed by atoms with Crippen LogP contribution in [0.1, 0.15) is 32.3 Å². The van der Waals surface area contributed by atoms with Crippen LogP contribution in [0.15, 0.2) is 120 Å². The van der Waals surface area contributed by atoms with E-state index in [2.05, 4.69) is 16.7 Å². The summed E-state index contributed by atoms with van der Waals surface area (Å²) in [5.74, 6) is -0.243. The average molecular weight is 517 g/mol. The molecule has 0 radical (unpaired) electrons. The van der Waals surface area contributed by atoms with Gasteiger partial charge in [0, 0.05) is 21.8 Å². The first-order valence-corrected chi connectivity index (χ1v) is 13.3. The number of carbonyl (C=O) groups is 2. The Labute approximate surface area is 227 Å². The molecule has 4 nitrogen and oxygen atoms in total. The van der Waals surface area contributed by atoms with E-state index in [1.54, 1.807) is 0 Å². The molecule has 0 spiro atoms. The Balaban J connectivity index is 1.31. The molecule has 5 heteroatoms. The van der Waals surface area contributed by atoms with Gasteiger partial charge in [-0.15, -0.1) is 11.8 Å². The molecule has 0 saturated carbocycles. The Kier molecular flexibility index (Phi) is 7.57. The molecule has 0 aliphatic heterocycles. The topological polar surface area (TPSA) is 58.2 Å². The average Bonchev–Trinajstić information content (AvgIpc) is 2.94. The lowest BCUT2D eigenvalue weighted by molar-refractivity contribution is -0.115. The van der Waals surface area contributed by atoms with Crippen molar-refractivity contribution < 1.29 is 9.59 Å². The highest BCUT2D eigenvalue weighted by molar-refractivity contribution is 8.00. The molecule has 5 rings (SSSR count). The van der Waals surface area contributed by atoms with Gasteiger partial charge in [0.2, 0.25) is 5.91 Å². The Hall–Kier alpha value is -4.35. The van der Waals surface area contributed by atoms with E-state index in [-0.39, 0.29) is 11.8 Å². The summed E-state index contributed by atoms with van der Waals surface area (Å²) in [7, 11) is 0. The van der Waals surface area contributed by atoms with Crippen molar-refractivity contribution in [3.63, 3.8) is 0 Å². The number of carbonyl (C=O) groups excluding carboxylic acids is 2. The summed E-state index contributed by atoms with van der Waals surface area (Å²) in [6.07, 6.45) is 0. The number of fused-ring (bicyclic) bond motifs is 1. The highest BCUT2D eigenvalue weighted by Gasteiger charge is 2.23. The van der Waals surface area contributed by atoms with Crippen LogP contribution >= 0.6 is 11.8 Å². The third-order valence-corrected chi connectivity index (χ3v) is 7.62. The zero-order valence-corrected chi connectivity index (χ0v) is 22.1. The van der Waals surface area contributed by atoms with Gasteiger partial charge >= 0.3 is 0 Å². The van der Waals surface area contributed by atoms with E-state index >= 15 is 0 Å². The molecule has 0 saturated heterocycles. The Morgan fingerprint density at radius 1 is 0.684 bits per heavy atom. The summed E-state index contributed by atoms with van der Waals surface area (Å²) in [5.41, 5.74) is 5.23. The molecule has 1 unspecified atom stereocenters. The fourth-order valence-electron chi connectivity index (χ4n) is 4.34. The van der Waals surface area contributed by atoms with Gasteiger partial charge in [-0.2, -0.15) is 0 Å². The van der Waals surface area contributed by atoms with E-state index < -0.39 is 5.25 Å². The number of aryl methyl sites for hydroxylation is 2. The molecule has 0 aliphatic rings. The number of amides is 2. The Morgan fingerprint density at radius 3 is 2.13 bits per heavy atom. The molecule has 188 valence electrons. The molecule has 0 bridgehead atoms. The summed E-state index contributed by atoms with van der Waals surface area (Å²) in [5, 5.41) is 7.77. The van der Waals surface area contributed by atoms with Crippen molar-refractivity contribution in [2.24, 2.45) is 0 Å². The zero-order chi connectivity index (χ0) is 26.5. The van der Waals surface area contributed by atoms with Crippen LogP contribution in [0.2, 0.25) is 0 Å². The Morgan fingerprint density at radius 2 is 1.39 bits per heavy atom. The number of benzene rings is 5. The second-order valence-electron chi connectivity index (χ2n) is 9.26. The highest BCUT2D eigenvalue weighted by Crippen LogP contribution is 2.37. The van der Waals surface area contributed by atoms with Crippen LogP contribution in [0, 0.1) is 13.8 Å². The summed E-state index contributed by atoms with van der Waals surface area (Å²) < 4.78 is 0. The van der Waals surface area contributed by atoms with Crippen molar-refractivity contribution in [1.29, 1.82) is 0 Å². The first kappa shape index (κ1) is 25.3. The van der Waals surface area contributed by atoms with E-state index in [1.807, 2.05) is 123 Å². The van der Waals surface area contributed by atoms with Gasteiger partial charge in [-0.1, -0.05) is 78.4 Å². The summed E-state index contributed by atoms with van der Waals surface area (Å²) in [6, 6.07) is 37.0. The van der Waals surface area contributed by atoms with Gasteiger partial charge in [0.25, 0.3) is 5.91 Å². The van der Waals surface area contributed by atoms with Gasteiger partial charge < -0.3 is 10.6 Å². The maximum atomic E-state index is 13.4. The maximum absolute atomic E-state index is 13.4. The van der Waals surface area contributed by atoms with E-state index in [9.17, 15) is 9.59 Å². The largest absolute Gasteiger partial charge is 0.325 e. The summed E-state index contributed by atoms with van der Waals surface area (Å²) in [4.78, 5) is 27.2. The number of nitrogens with one attached hydrogen (secondary N) is 2. The van der Waals surface area contributed by atoms with Crippen LogP contribution < -0.4 is 10.6 Å². The van der Waals surface area contributed by atoms with Gasteiger partial charge in [0.15, 0.2) is 0 Å². The van der Waals surface area contributed by atoms with Crippen LogP contribution in [-0.2, 0) is 4.79 Å². The first-order valence-electron chi connectivity index (χ1n) is 12.5. The van der Waals surface area contributed by atoms with Gasteiger partial charge in [-0.25, -0.2) is 0 Å². The predicted molar refractivity (Wildman–Crippen MR) is 158 cm³/mol. The van der Waals surface area contributed by atoms with Crippen LogP contribution in [0.3, 0.4) is 0 Å². The van der Waals surface area contributed by atoms with Crippen molar-refractivity contribution >= 4 is 45.7 Å². The number of hydrogen-bond acceptors (Lipinski definition) is 3. The van der Waals surface area contributed by atoms with Crippen LogP contribution in [0.4, 0.5) is 11.4 Å². The van der Waals surface area contributed by atoms with Crippen molar-refractivity contribution in [3.05, 3.63) is 138 Å². The number of anilines is 2. The molecule has 38 heavy (non-hydrogen) atoms. The summed E-state index contributed by atoms with van der Waals surface area (Å²) >= 11 is 1.48.